The van der Waals surface area contributed by atoms with Crippen molar-refractivity contribution >= 4 is 17.2 Å². The number of hydrogen-bond acceptors (Lipinski definition) is 2. The number of aldehydes is 1. The number of carbonyl (C=O) groups excluding carboxylic acids is 1. The molecule has 2 aromatic heterocycles. The number of halogens is 1. The number of pyridine rings is 1. The molecule has 12 heavy (non-hydrogen) atoms. The molecule has 3 nitrogen and oxygen atoms in total. The number of nitrogens with zero attached hydrogens (tertiary/aromatic N) is 1. The van der Waals surface area contributed by atoms with E-state index in [-0.39, 0.29) is 0 Å². The Morgan fingerprint density at radius 3 is 3.08 bits per heavy atom. The molecular weight excluding hydrogens is 159 g/mol. The van der Waals surface area contributed by atoms with Crippen LogP contribution in [-0.4, -0.2) is 16.3 Å². The van der Waals surface area contributed by atoms with Gasteiger partial charge in [-0.1, -0.05) is 0 Å². The van der Waals surface area contributed by atoms with E-state index in [0.717, 1.165) is 6.20 Å². The molecule has 0 atom stereocenters. The molecule has 0 saturated heterocycles. The predicted octanol–water partition coefficient (Wildman–Crippen LogP) is 1.51. The normalized spacial score (nSPS) is 10.4. The number of aromatic nitrogens is 2. The van der Waals surface area contributed by atoms with Crippen LogP contribution >= 0.6 is 0 Å². The van der Waals surface area contributed by atoms with Crippen LogP contribution in [0.2, 0.25) is 0 Å². The lowest BCUT2D eigenvalue weighted by Gasteiger charge is -1.89. The Bertz CT molecular complexity index is 436. The van der Waals surface area contributed by atoms with Crippen molar-refractivity contribution in [2.75, 3.05) is 0 Å². The standard InChI is InChI=1S/C8H5FN2O/c9-7-3-10-2-6-5(4-12)1-11-8(6)7/h1-4,11H. The average Bonchev–Trinajstić information content (AvgIpc) is 2.49. The lowest BCUT2D eigenvalue weighted by atomic mass is 10.2. The first kappa shape index (κ1) is 6.97. The van der Waals surface area contributed by atoms with Crippen molar-refractivity contribution in [1.82, 2.24) is 9.97 Å². The molecule has 0 aliphatic heterocycles. The van der Waals surface area contributed by atoms with Crippen LogP contribution in [0.15, 0.2) is 18.6 Å². The van der Waals surface area contributed by atoms with Gasteiger partial charge in [-0.3, -0.25) is 9.78 Å². The second-order valence-corrected chi connectivity index (χ2v) is 2.41. The number of aromatic amines is 1. The zero-order valence-electron chi connectivity index (χ0n) is 6.04. The van der Waals surface area contributed by atoms with Gasteiger partial charge in [0.1, 0.15) is 0 Å². The molecule has 60 valence electrons. The molecule has 0 radical (unpaired) electrons. The summed E-state index contributed by atoms with van der Waals surface area (Å²) in [4.78, 5) is 16.7. The summed E-state index contributed by atoms with van der Waals surface area (Å²) in [5.41, 5.74) is 0.754. The predicted molar refractivity (Wildman–Crippen MR) is 41.4 cm³/mol. The van der Waals surface area contributed by atoms with Crippen LogP contribution < -0.4 is 0 Å². The third-order valence-corrected chi connectivity index (χ3v) is 1.71. The molecule has 0 bridgehead atoms. The van der Waals surface area contributed by atoms with Crippen molar-refractivity contribution < 1.29 is 9.18 Å². The number of hydrogen-bond donors (Lipinski definition) is 1. The zero-order chi connectivity index (χ0) is 8.55. The summed E-state index contributed by atoms with van der Waals surface area (Å²) in [6, 6.07) is 0. The minimum absolute atomic E-state index is 0.326. The summed E-state index contributed by atoms with van der Waals surface area (Å²) < 4.78 is 12.9. The molecule has 1 N–H and O–H groups in total. The number of fused-ring (bicyclic) bond motifs is 1. The molecule has 0 fully saturated rings. The average molecular weight is 164 g/mol. The van der Waals surface area contributed by atoms with Crippen molar-refractivity contribution in [3.8, 4) is 0 Å². The quantitative estimate of drug-likeness (QED) is 0.649. The van der Waals surface area contributed by atoms with Gasteiger partial charge in [0.15, 0.2) is 12.1 Å². The summed E-state index contributed by atoms with van der Waals surface area (Å²) in [6.45, 7) is 0. The smallest absolute Gasteiger partial charge is 0.165 e. The van der Waals surface area contributed by atoms with Crippen LogP contribution in [0.4, 0.5) is 4.39 Å². The minimum atomic E-state index is -0.444. The summed E-state index contributed by atoms with van der Waals surface area (Å²) in [7, 11) is 0. The Hall–Kier alpha value is -1.71. The molecule has 0 spiro atoms. The van der Waals surface area contributed by atoms with Crippen molar-refractivity contribution in [3.05, 3.63) is 30.0 Å². The summed E-state index contributed by atoms with van der Waals surface area (Å²) in [5.74, 6) is -0.444. The topological polar surface area (TPSA) is 45.8 Å². The van der Waals surface area contributed by atoms with Gasteiger partial charge in [0.2, 0.25) is 0 Å². The van der Waals surface area contributed by atoms with Crippen LogP contribution in [0.5, 0.6) is 0 Å². The molecule has 0 amide bonds. The molecule has 0 unspecified atom stereocenters. The van der Waals surface area contributed by atoms with Crippen LogP contribution in [-0.2, 0) is 0 Å². The van der Waals surface area contributed by atoms with E-state index in [9.17, 15) is 9.18 Å². The van der Waals surface area contributed by atoms with Gasteiger partial charge in [0, 0.05) is 23.3 Å². The summed E-state index contributed by atoms with van der Waals surface area (Å²) in [6.07, 6.45) is 4.69. The van der Waals surface area contributed by atoms with Gasteiger partial charge in [-0.25, -0.2) is 4.39 Å². The minimum Gasteiger partial charge on any atom is -0.358 e. The fourth-order valence-electron chi connectivity index (χ4n) is 1.13. The van der Waals surface area contributed by atoms with E-state index >= 15 is 0 Å². The van der Waals surface area contributed by atoms with Crippen LogP contribution in [0, 0.1) is 5.82 Å². The Kier molecular flexibility index (Phi) is 1.40. The van der Waals surface area contributed by atoms with E-state index in [0.29, 0.717) is 22.8 Å². The maximum Gasteiger partial charge on any atom is 0.165 e. The molecule has 2 aromatic rings. The fourth-order valence-corrected chi connectivity index (χ4v) is 1.13. The Morgan fingerprint density at radius 1 is 1.50 bits per heavy atom. The Labute approximate surface area is 67.2 Å². The third-order valence-electron chi connectivity index (χ3n) is 1.71. The van der Waals surface area contributed by atoms with Gasteiger partial charge in [-0.05, 0) is 0 Å². The number of nitrogens with one attached hydrogen (secondary N) is 1. The maximum absolute atomic E-state index is 12.9. The second-order valence-electron chi connectivity index (χ2n) is 2.41. The molecular formula is C8H5FN2O. The first-order valence-electron chi connectivity index (χ1n) is 3.38. The third kappa shape index (κ3) is 0.812. The lowest BCUT2D eigenvalue weighted by molar-refractivity contribution is 0.112. The number of carbonyl (C=O) groups is 1. The van der Waals surface area contributed by atoms with Crippen molar-refractivity contribution in [1.29, 1.82) is 0 Å². The van der Waals surface area contributed by atoms with Crippen molar-refractivity contribution in [3.63, 3.8) is 0 Å². The Morgan fingerprint density at radius 2 is 2.33 bits per heavy atom. The van der Waals surface area contributed by atoms with E-state index in [1.165, 1.54) is 12.4 Å². The van der Waals surface area contributed by atoms with E-state index in [4.69, 9.17) is 0 Å². The zero-order valence-corrected chi connectivity index (χ0v) is 6.04. The van der Waals surface area contributed by atoms with Gasteiger partial charge < -0.3 is 4.98 Å². The maximum atomic E-state index is 12.9. The highest BCUT2D eigenvalue weighted by molar-refractivity contribution is 5.96. The highest BCUT2D eigenvalue weighted by Crippen LogP contribution is 2.17. The van der Waals surface area contributed by atoms with Gasteiger partial charge in [-0.15, -0.1) is 0 Å². The SMILES string of the molecule is O=Cc1c[nH]c2c(F)cncc12. The number of H-pyrrole nitrogens is 1. The van der Waals surface area contributed by atoms with E-state index in [1.54, 1.807) is 0 Å². The first-order chi connectivity index (χ1) is 5.83. The first-order valence-corrected chi connectivity index (χ1v) is 3.38. The molecule has 0 aromatic carbocycles. The molecule has 0 saturated carbocycles. The summed E-state index contributed by atoms with van der Waals surface area (Å²) in [5, 5.41) is 0.519. The van der Waals surface area contributed by atoms with Crippen LogP contribution in [0.25, 0.3) is 10.9 Å². The van der Waals surface area contributed by atoms with Gasteiger partial charge in [-0.2, -0.15) is 0 Å². The lowest BCUT2D eigenvalue weighted by Crippen LogP contribution is -1.81. The van der Waals surface area contributed by atoms with Crippen LogP contribution in [0.1, 0.15) is 10.4 Å². The Balaban J connectivity index is 2.88. The van der Waals surface area contributed by atoms with Crippen molar-refractivity contribution in [2.24, 2.45) is 0 Å². The molecule has 2 heterocycles. The van der Waals surface area contributed by atoms with Crippen LogP contribution in [0.3, 0.4) is 0 Å². The second kappa shape index (κ2) is 2.41. The molecule has 4 heteroatoms. The van der Waals surface area contributed by atoms with E-state index in [2.05, 4.69) is 9.97 Å². The monoisotopic (exact) mass is 164 g/mol. The highest BCUT2D eigenvalue weighted by atomic mass is 19.1. The van der Waals surface area contributed by atoms with E-state index in [1.807, 2.05) is 0 Å². The fraction of sp³-hybridized carbons (Fsp3) is 0. The molecule has 0 aliphatic carbocycles. The molecule has 2 rings (SSSR count). The number of rotatable bonds is 1. The van der Waals surface area contributed by atoms with Gasteiger partial charge >= 0.3 is 0 Å². The molecule has 0 aliphatic rings. The van der Waals surface area contributed by atoms with Gasteiger partial charge in [0.25, 0.3) is 0 Å². The largest absolute Gasteiger partial charge is 0.358 e. The van der Waals surface area contributed by atoms with Crippen molar-refractivity contribution in [2.45, 2.75) is 0 Å². The van der Waals surface area contributed by atoms with Gasteiger partial charge in [0.05, 0.1) is 11.7 Å². The highest BCUT2D eigenvalue weighted by Gasteiger charge is 2.05. The summed E-state index contributed by atoms with van der Waals surface area (Å²) >= 11 is 0. The van der Waals surface area contributed by atoms with E-state index < -0.39 is 5.82 Å².